The minimum atomic E-state index is -3.77. The van der Waals surface area contributed by atoms with E-state index >= 15 is 0 Å². The highest BCUT2D eigenvalue weighted by Gasteiger charge is 2.54. The molecule has 0 aliphatic rings. The fourth-order valence-electron chi connectivity index (χ4n) is 4.71. The molecule has 0 fully saturated rings. The van der Waals surface area contributed by atoms with Gasteiger partial charge in [0.05, 0.1) is 6.04 Å². The van der Waals surface area contributed by atoms with Gasteiger partial charge in [0.1, 0.15) is 12.1 Å². The first-order chi connectivity index (χ1) is 21.6. The molecule has 4 atom stereocenters. The number of benzene rings is 1. The third kappa shape index (κ3) is 13.2. The van der Waals surface area contributed by atoms with E-state index in [4.69, 9.17) is 10.8 Å². The molecule has 0 aliphatic carbocycles. The summed E-state index contributed by atoms with van der Waals surface area (Å²) in [6, 6.07) is 1.89. The summed E-state index contributed by atoms with van der Waals surface area (Å²) in [6.07, 6.45) is -0.745. The maximum absolute atomic E-state index is 13.3. The van der Waals surface area contributed by atoms with Gasteiger partial charge in [0, 0.05) is 24.6 Å². The van der Waals surface area contributed by atoms with E-state index in [1.165, 1.54) is 25.1 Å². The van der Waals surface area contributed by atoms with Crippen molar-refractivity contribution in [2.24, 2.45) is 23.5 Å². The Hall–Kier alpha value is -3.63. The quantitative estimate of drug-likeness (QED) is 0.0874. The summed E-state index contributed by atoms with van der Waals surface area (Å²) in [6.45, 7) is 12.2. The van der Waals surface area contributed by atoms with Crippen LogP contribution in [-0.4, -0.2) is 90.9 Å². The first kappa shape index (κ1) is 41.4. The normalized spacial score (nSPS) is 14.7. The van der Waals surface area contributed by atoms with Crippen LogP contribution in [0.2, 0.25) is 0 Å². The number of aryl methyl sites for hydroxylation is 1. The summed E-state index contributed by atoms with van der Waals surface area (Å²) >= 11 is 0. The van der Waals surface area contributed by atoms with Gasteiger partial charge < -0.3 is 52.5 Å². The zero-order valence-corrected chi connectivity index (χ0v) is 28.2. The molecule has 1 rings (SSSR count). The topological polar surface area (TPSA) is 261 Å². The van der Waals surface area contributed by atoms with Gasteiger partial charge in [-0.15, -0.1) is 0 Å². The molecule has 0 aromatic heterocycles. The minimum absolute atomic E-state index is 0.00621. The van der Waals surface area contributed by atoms with Crippen LogP contribution in [0.4, 0.5) is 5.69 Å². The van der Waals surface area contributed by atoms with E-state index in [0.717, 1.165) is 0 Å². The van der Waals surface area contributed by atoms with Crippen molar-refractivity contribution in [3.05, 3.63) is 29.8 Å². The maximum atomic E-state index is 13.3. The Bertz CT molecular complexity index is 1230. The number of para-hydroxylation sites is 1. The molecule has 0 aliphatic heterocycles. The van der Waals surface area contributed by atoms with Gasteiger partial charge in [0.15, 0.2) is 0 Å². The Labute approximate surface area is 275 Å². The van der Waals surface area contributed by atoms with E-state index < -0.39 is 71.8 Å². The van der Waals surface area contributed by atoms with Crippen LogP contribution in [0.5, 0.6) is 0 Å². The second kappa shape index (κ2) is 18.1. The molecule has 1 unspecified atom stereocenters. The molecule has 0 bridgehead atoms. The number of carboxylic acid groups (broad SMARTS) is 1. The summed E-state index contributed by atoms with van der Waals surface area (Å²) in [7, 11) is 0. The number of carboxylic acids is 1. The molecule has 0 spiro atoms. The predicted molar refractivity (Wildman–Crippen MR) is 173 cm³/mol. The molecule has 1 aromatic carbocycles. The Morgan fingerprint density at radius 1 is 0.766 bits per heavy atom. The molecule has 11 N–H and O–H groups in total. The molecule has 0 radical (unpaired) electrons. The van der Waals surface area contributed by atoms with Gasteiger partial charge in [0.2, 0.25) is 23.5 Å². The third-order valence-electron chi connectivity index (χ3n) is 7.43. The van der Waals surface area contributed by atoms with Crippen LogP contribution in [0, 0.1) is 17.8 Å². The van der Waals surface area contributed by atoms with Gasteiger partial charge in [-0.2, -0.15) is 0 Å². The number of carbonyl (C=O) groups is 5. The molecular formula is C32H53N5O10. The highest BCUT2D eigenvalue weighted by molar-refractivity contribution is 5.97. The number of anilines is 1. The number of rotatable bonds is 19. The molecule has 1 aromatic rings. The Balaban J connectivity index is 3.05. The molecule has 0 saturated carbocycles. The van der Waals surface area contributed by atoms with E-state index in [2.05, 4.69) is 21.3 Å². The lowest BCUT2D eigenvalue weighted by Crippen LogP contribution is -2.63. The van der Waals surface area contributed by atoms with E-state index in [9.17, 15) is 44.4 Å². The molecule has 15 nitrogen and oxygen atoms in total. The molecule has 0 heterocycles. The van der Waals surface area contributed by atoms with E-state index in [1.54, 1.807) is 19.9 Å². The van der Waals surface area contributed by atoms with Crippen molar-refractivity contribution < 1.29 is 49.5 Å². The SMILES string of the molecule is CC(C)C[C@H](NC(=O)[C@H](CC(C)C)NC(=O)[C@@H](N)C(C)C)C(=O)NC(C)CC(O)(O)C(O)(O)C(=O)Nc1ccccc1CCC(=O)O. The lowest BCUT2D eigenvalue weighted by molar-refractivity contribution is -0.338. The molecule has 47 heavy (non-hydrogen) atoms. The number of aliphatic hydroxyl groups is 4. The average molecular weight is 668 g/mol. The van der Waals surface area contributed by atoms with E-state index in [-0.39, 0.29) is 49.1 Å². The fourth-order valence-corrected chi connectivity index (χ4v) is 4.71. The lowest BCUT2D eigenvalue weighted by atomic mass is 9.96. The van der Waals surface area contributed by atoms with Crippen LogP contribution in [0.1, 0.15) is 79.7 Å². The van der Waals surface area contributed by atoms with Crippen LogP contribution < -0.4 is 27.0 Å². The van der Waals surface area contributed by atoms with Gasteiger partial charge >= 0.3 is 11.8 Å². The molecule has 4 amide bonds. The summed E-state index contributed by atoms with van der Waals surface area (Å²) in [5.74, 6) is -12.0. The number of aliphatic carboxylic acids is 1. The van der Waals surface area contributed by atoms with Crippen LogP contribution in [-0.2, 0) is 30.4 Å². The molecular weight excluding hydrogens is 614 g/mol. The molecule has 15 heteroatoms. The van der Waals surface area contributed by atoms with Crippen LogP contribution in [0.15, 0.2) is 24.3 Å². The fraction of sp³-hybridized carbons (Fsp3) is 0.656. The highest BCUT2D eigenvalue weighted by Crippen LogP contribution is 2.26. The number of nitrogens with two attached hydrogens (primary N) is 1. The van der Waals surface area contributed by atoms with Gasteiger partial charge in [-0.1, -0.05) is 59.7 Å². The Morgan fingerprint density at radius 3 is 1.74 bits per heavy atom. The first-order valence-electron chi connectivity index (χ1n) is 15.8. The van der Waals surface area contributed by atoms with Crippen molar-refractivity contribution in [3.63, 3.8) is 0 Å². The Kier molecular flexibility index (Phi) is 15.9. The number of hydrogen-bond donors (Lipinski definition) is 10. The van der Waals surface area contributed by atoms with E-state index in [1.807, 2.05) is 27.7 Å². The van der Waals surface area contributed by atoms with Gasteiger partial charge in [-0.05, 0) is 55.6 Å². The largest absolute Gasteiger partial charge is 0.481 e. The summed E-state index contributed by atoms with van der Waals surface area (Å²) in [5, 5.41) is 61.3. The summed E-state index contributed by atoms with van der Waals surface area (Å²) in [4.78, 5) is 63.0. The second-order valence-electron chi connectivity index (χ2n) is 13.3. The van der Waals surface area contributed by atoms with Crippen molar-refractivity contribution in [2.45, 2.75) is 116 Å². The number of amides is 4. The number of nitrogens with one attached hydrogen (secondary N) is 4. The summed E-state index contributed by atoms with van der Waals surface area (Å²) < 4.78 is 0. The van der Waals surface area contributed by atoms with Crippen molar-refractivity contribution in [1.29, 1.82) is 0 Å². The second-order valence-corrected chi connectivity index (χ2v) is 13.3. The number of hydrogen-bond acceptors (Lipinski definition) is 10. The maximum Gasteiger partial charge on any atom is 0.303 e. The van der Waals surface area contributed by atoms with Crippen LogP contribution >= 0.6 is 0 Å². The third-order valence-corrected chi connectivity index (χ3v) is 7.43. The van der Waals surface area contributed by atoms with Gasteiger partial charge in [-0.3, -0.25) is 24.0 Å². The van der Waals surface area contributed by atoms with Gasteiger partial charge in [0.25, 0.3) is 5.91 Å². The minimum Gasteiger partial charge on any atom is -0.481 e. The van der Waals surface area contributed by atoms with Crippen LogP contribution in [0.3, 0.4) is 0 Å². The summed E-state index contributed by atoms with van der Waals surface area (Å²) in [5.41, 5.74) is 6.34. The molecule has 0 saturated heterocycles. The van der Waals surface area contributed by atoms with Crippen molar-refractivity contribution >= 4 is 35.3 Å². The predicted octanol–water partition coefficient (Wildman–Crippen LogP) is -0.0560. The first-order valence-corrected chi connectivity index (χ1v) is 15.8. The highest BCUT2D eigenvalue weighted by atomic mass is 16.6. The standard InChI is InChI=1S/C32H53N5O10/c1-17(2)14-23(35-28(41)24(15-18(3)4)36-29(42)26(33)19(5)6)27(40)34-20(7)16-31(44,45)32(46,47)30(43)37-22-11-9-8-10-21(22)12-13-25(38)39/h8-11,17-20,23-24,26,44-47H,12-16,33H2,1-7H3,(H,34,40)(H,35,41)(H,36,42)(H,37,43)(H,38,39)/t20?,23-,24-,26-/m0/s1. The smallest absolute Gasteiger partial charge is 0.303 e. The Morgan fingerprint density at radius 2 is 1.26 bits per heavy atom. The lowest BCUT2D eigenvalue weighted by Gasteiger charge is -2.35. The zero-order chi connectivity index (χ0) is 36.3. The van der Waals surface area contributed by atoms with Crippen molar-refractivity contribution in [2.75, 3.05) is 5.32 Å². The van der Waals surface area contributed by atoms with Gasteiger partial charge in [-0.25, -0.2) is 0 Å². The zero-order valence-electron chi connectivity index (χ0n) is 28.2. The van der Waals surface area contributed by atoms with Crippen molar-refractivity contribution in [1.82, 2.24) is 16.0 Å². The van der Waals surface area contributed by atoms with Crippen molar-refractivity contribution in [3.8, 4) is 0 Å². The van der Waals surface area contributed by atoms with Crippen LogP contribution in [0.25, 0.3) is 0 Å². The monoisotopic (exact) mass is 667 g/mol. The number of carbonyl (C=O) groups excluding carboxylic acids is 4. The van der Waals surface area contributed by atoms with E-state index in [0.29, 0.717) is 5.56 Å². The average Bonchev–Trinajstić information content (AvgIpc) is 2.94. The molecule has 266 valence electrons.